The Balaban J connectivity index is 5.21. The first-order valence-corrected chi connectivity index (χ1v) is 47.2. The molecule has 0 aromatic heterocycles. The van der Waals surface area contributed by atoms with E-state index in [1.807, 2.05) is 0 Å². The molecule has 0 bridgehead atoms. The zero-order valence-electron chi connectivity index (χ0n) is 69.4. The molecular weight excluding hydrogens is 1370 g/mol. The Labute approximate surface area is 645 Å². The normalized spacial score (nSPS) is 14.2. The molecule has 0 heterocycles. The molecule has 0 rings (SSSR count). The summed E-state index contributed by atoms with van der Waals surface area (Å²) in [6.45, 7) is 14.3. The Morgan fingerprint density at radius 3 is 0.676 bits per heavy atom. The van der Waals surface area contributed by atoms with E-state index in [1.54, 1.807) is 0 Å². The lowest BCUT2D eigenvalue weighted by Crippen LogP contribution is -2.30. The number of aliphatic hydroxyl groups excluding tert-OH is 1. The first kappa shape index (κ1) is 103. The monoisotopic (exact) mass is 1540 g/mol. The van der Waals surface area contributed by atoms with Gasteiger partial charge in [0.05, 0.1) is 26.4 Å². The number of rotatable bonds is 83. The SMILES string of the molecule is CCC(C)CCCCCCCCC(=O)OC[C@H](COP(=O)(O)OC[C@H](O)COP(=O)(O)OC[C@@H](COC(=O)CCCCCCCCCCCCCCCCCCCCC(C)C)OC(=O)CCCCCCCCCCCCCCCCCCCCC(C)C)OC(=O)CCCCCCCCCCCCC(C)C. The quantitative estimate of drug-likeness (QED) is 0.0222. The van der Waals surface area contributed by atoms with Crippen LogP contribution in [-0.4, -0.2) is 96.7 Å². The van der Waals surface area contributed by atoms with Gasteiger partial charge < -0.3 is 33.8 Å². The van der Waals surface area contributed by atoms with Gasteiger partial charge in [0.1, 0.15) is 19.3 Å². The molecule has 0 saturated carbocycles. The number of aliphatic hydroxyl groups is 1. The Bertz CT molecular complexity index is 2040. The van der Waals surface area contributed by atoms with Crippen LogP contribution < -0.4 is 0 Å². The number of unbranched alkanes of at least 4 members (excludes halogenated alkanes) is 48. The number of hydrogen-bond donors (Lipinski definition) is 3. The second-order valence-electron chi connectivity index (χ2n) is 32.6. The van der Waals surface area contributed by atoms with Crippen LogP contribution in [0.25, 0.3) is 0 Å². The van der Waals surface area contributed by atoms with Crippen molar-refractivity contribution in [1.29, 1.82) is 0 Å². The summed E-state index contributed by atoms with van der Waals surface area (Å²) >= 11 is 0. The van der Waals surface area contributed by atoms with E-state index in [0.29, 0.717) is 25.7 Å². The maximum atomic E-state index is 13.1. The van der Waals surface area contributed by atoms with E-state index < -0.39 is 97.5 Å². The average Bonchev–Trinajstić information content (AvgIpc) is 0.909. The van der Waals surface area contributed by atoms with Crippen LogP contribution in [0.3, 0.4) is 0 Å². The smallest absolute Gasteiger partial charge is 0.462 e. The van der Waals surface area contributed by atoms with Crippen molar-refractivity contribution >= 4 is 39.5 Å². The van der Waals surface area contributed by atoms with Crippen LogP contribution >= 0.6 is 15.6 Å². The molecule has 3 unspecified atom stereocenters. The molecule has 0 radical (unpaired) electrons. The lowest BCUT2D eigenvalue weighted by Gasteiger charge is -2.21. The van der Waals surface area contributed by atoms with E-state index >= 15 is 0 Å². The largest absolute Gasteiger partial charge is 0.472 e. The number of phosphoric ester groups is 2. The highest BCUT2D eigenvalue weighted by Crippen LogP contribution is 2.45. The van der Waals surface area contributed by atoms with E-state index in [0.717, 1.165) is 120 Å². The molecule has 0 fully saturated rings. The summed E-state index contributed by atoms with van der Waals surface area (Å²) in [6.07, 6.45) is 64.1. The van der Waals surface area contributed by atoms with Gasteiger partial charge in [-0.1, -0.05) is 396 Å². The topological polar surface area (TPSA) is 237 Å². The third-order valence-electron chi connectivity index (χ3n) is 20.4. The molecule has 0 aromatic carbocycles. The van der Waals surface area contributed by atoms with Gasteiger partial charge >= 0.3 is 39.5 Å². The fraction of sp³-hybridized carbons (Fsp3) is 0.953. The first-order valence-electron chi connectivity index (χ1n) is 44.2. The molecule has 17 nitrogen and oxygen atoms in total. The molecule has 0 spiro atoms. The maximum Gasteiger partial charge on any atom is 0.472 e. The van der Waals surface area contributed by atoms with Gasteiger partial charge in [0.15, 0.2) is 12.2 Å². The number of phosphoric acid groups is 2. The third kappa shape index (κ3) is 78.5. The lowest BCUT2D eigenvalue weighted by atomic mass is 10.00. The van der Waals surface area contributed by atoms with Crippen molar-refractivity contribution in [2.75, 3.05) is 39.6 Å². The van der Waals surface area contributed by atoms with E-state index in [1.165, 1.54) is 244 Å². The minimum Gasteiger partial charge on any atom is -0.462 e. The predicted octanol–water partition coefficient (Wildman–Crippen LogP) is 25.9. The summed E-state index contributed by atoms with van der Waals surface area (Å²) in [7, 11) is -9.93. The maximum absolute atomic E-state index is 13.1. The van der Waals surface area contributed by atoms with Crippen molar-refractivity contribution in [2.45, 2.75) is 465 Å². The summed E-state index contributed by atoms with van der Waals surface area (Å²) in [5, 5.41) is 10.7. The molecule has 6 atom stereocenters. The van der Waals surface area contributed by atoms with Crippen LogP contribution in [-0.2, 0) is 65.4 Å². The molecule has 3 N–H and O–H groups in total. The number of esters is 4. The molecule has 0 aliphatic rings. The van der Waals surface area contributed by atoms with E-state index in [9.17, 15) is 43.2 Å². The van der Waals surface area contributed by atoms with Gasteiger partial charge in [0, 0.05) is 25.7 Å². The summed E-state index contributed by atoms with van der Waals surface area (Å²) in [5.74, 6) is 1.02. The van der Waals surface area contributed by atoms with Crippen LogP contribution in [0, 0.1) is 23.7 Å². The Hall–Kier alpha value is -1.94. The zero-order chi connectivity index (χ0) is 77.4. The second-order valence-corrected chi connectivity index (χ2v) is 35.5. The predicted molar refractivity (Wildman–Crippen MR) is 432 cm³/mol. The van der Waals surface area contributed by atoms with Crippen molar-refractivity contribution in [3.8, 4) is 0 Å². The molecule has 624 valence electrons. The van der Waals surface area contributed by atoms with Crippen molar-refractivity contribution in [2.24, 2.45) is 23.7 Å². The molecule has 0 aliphatic carbocycles. The van der Waals surface area contributed by atoms with Crippen LogP contribution in [0.4, 0.5) is 0 Å². The number of carbonyl (C=O) groups is 4. The third-order valence-corrected chi connectivity index (χ3v) is 22.3. The number of hydrogen-bond acceptors (Lipinski definition) is 15. The first-order chi connectivity index (χ1) is 50.6. The Morgan fingerprint density at radius 2 is 0.457 bits per heavy atom. The summed E-state index contributed by atoms with van der Waals surface area (Å²) in [6, 6.07) is 0. The molecule has 19 heteroatoms. The highest BCUT2D eigenvalue weighted by Gasteiger charge is 2.31. The molecule has 0 amide bonds. The molecular formula is C86H168O17P2. The second kappa shape index (κ2) is 74.8. The molecule has 0 saturated heterocycles. The van der Waals surface area contributed by atoms with Crippen LogP contribution in [0.15, 0.2) is 0 Å². The Morgan fingerprint density at radius 1 is 0.267 bits per heavy atom. The van der Waals surface area contributed by atoms with Gasteiger partial charge in [-0.2, -0.15) is 0 Å². The number of carbonyl (C=O) groups excluding carboxylic acids is 4. The lowest BCUT2D eigenvalue weighted by molar-refractivity contribution is -0.161. The van der Waals surface area contributed by atoms with E-state index in [-0.39, 0.29) is 25.7 Å². The zero-order valence-corrected chi connectivity index (χ0v) is 71.2. The fourth-order valence-electron chi connectivity index (χ4n) is 13.3. The minimum absolute atomic E-state index is 0.105. The van der Waals surface area contributed by atoms with Crippen molar-refractivity contribution in [3.63, 3.8) is 0 Å². The van der Waals surface area contributed by atoms with Crippen molar-refractivity contribution in [1.82, 2.24) is 0 Å². The van der Waals surface area contributed by atoms with Crippen LogP contribution in [0.1, 0.15) is 447 Å². The van der Waals surface area contributed by atoms with Gasteiger partial charge in [-0.05, 0) is 49.4 Å². The van der Waals surface area contributed by atoms with Crippen molar-refractivity contribution in [3.05, 3.63) is 0 Å². The minimum atomic E-state index is -4.97. The van der Waals surface area contributed by atoms with Gasteiger partial charge in [-0.3, -0.25) is 37.3 Å². The highest BCUT2D eigenvalue weighted by molar-refractivity contribution is 7.47. The van der Waals surface area contributed by atoms with E-state index in [4.69, 9.17) is 37.0 Å². The molecule has 0 aromatic rings. The standard InChI is InChI=1S/C86H168O17P2/c1-9-79(8)65-57-49-44-45-51-59-67-84(89)97-73-82(103-86(91)69-61-53-43-37-31-30-34-40-48-56-64-78(6)7)75-101-105(94,95)99-71-80(87)70-98-104(92,93)100-74-81(102-85(90)68-60-52-42-36-29-25-21-17-13-11-15-19-23-27-33-39-47-55-63-77(4)5)72-96-83(88)66-58-50-41-35-28-24-20-16-12-10-14-18-22-26-32-38-46-54-62-76(2)3/h76-82,87H,9-75H2,1-8H3,(H,92,93)(H,94,95)/t79?,80-,81-,82-/m1/s1. The van der Waals surface area contributed by atoms with Crippen LogP contribution in [0.5, 0.6) is 0 Å². The van der Waals surface area contributed by atoms with Crippen molar-refractivity contribution < 1.29 is 80.2 Å². The number of ether oxygens (including phenoxy) is 4. The fourth-order valence-corrected chi connectivity index (χ4v) is 14.9. The molecule has 0 aliphatic heterocycles. The van der Waals surface area contributed by atoms with Gasteiger partial charge in [0.25, 0.3) is 0 Å². The summed E-state index contributed by atoms with van der Waals surface area (Å²) < 4.78 is 68.8. The highest BCUT2D eigenvalue weighted by atomic mass is 31.2. The summed E-state index contributed by atoms with van der Waals surface area (Å²) in [4.78, 5) is 73.2. The average molecular weight is 1540 g/mol. The molecule has 105 heavy (non-hydrogen) atoms. The van der Waals surface area contributed by atoms with Crippen LogP contribution in [0.2, 0.25) is 0 Å². The van der Waals surface area contributed by atoms with E-state index in [2.05, 4.69) is 55.4 Å². The van der Waals surface area contributed by atoms with Gasteiger partial charge in [0.2, 0.25) is 0 Å². The van der Waals surface area contributed by atoms with Gasteiger partial charge in [-0.25, -0.2) is 9.13 Å². The Kier molecular flexibility index (Phi) is 73.4. The van der Waals surface area contributed by atoms with Gasteiger partial charge in [-0.15, -0.1) is 0 Å². The summed E-state index contributed by atoms with van der Waals surface area (Å²) in [5.41, 5.74) is 0.